The second-order valence-electron chi connectivity index (χ2n) is 5.69. The standard InChI is InChI=1S/C17H27NO/c1-5-6-12-18(13-11-14(2)3)17(19)16-9-7-15(4)8-10-16/h7-10,14H,5-6,11-13H2,1-4H3. The van der Waals surface area contributed by atoms with E-state index in [1.165, 1.54) is 5.56 Å². The molecule has 1 aromatic rings. The molecule has 1 aromatic carbocycles. The van der Waals surface area contributed by atoms with E-state index in [1.54, 1.807) is 0 Å². The van der Waals surface area contributed by atoms with E-state index < -0.39 is 0 Å². The van der Waals surface area contributed by atoms with Gasteiger partial charge in [-0.25, -0.2) is 0 Å². The number of nitrogens with zero attached hydrogens (tertiary/aromatic N) is 1. The number of amides is 1. The van der Waals surface area contributed by atoms with Crippen molar-refractivity contribution in [2.75, 3.05) is 13.1 Å². The van der Waals surface area contributed by atoms with Crippen LogP contribution in [0.4, 0.5) is 0 Å². The first kappa shape index (κ1) is 15.7. The van der Waals surface area contributed by atoms with Crippen molar-refractivity contribution < 1.29 is 4.79 Å². The van der Waals surface area contributed by atoms with Crippen LogP contribution in [0.2, 0.25) is 0 Å². The smallest absolute Gasteiger partial charge is 0.253 e. The SMILES string of the molecule is CCCCN(CCC(C)C)C(=O)c1ccc(C)cc1. The monoisotopic (exact) mass is 261 g/mol. The summed E-state index contributed by atoms with van der Waals surface area (Å²) in [5, 5.41) is 0. The van der Waals surface area contributed by atoms with Gasteiger partial charge in [0, 0.05) is 18.7 Å². The molecule has 0 fully saturated rings. The Bertz CT molecular complexity index is 381. The van der Waals surface area contributed by atoms with E-state index in [2.05, 4.69) is 20.8 Å². The molecule has 0 aliphatic rings. The first-order chi connectivity index (χ1) is 9.04. The normalized spacial score (nSPS) is 10.8. The van der Waals surface area contributed by atoms with Gasteiger partial charge in [0.2, 0.25) is 0 Å². The summed E-state index contributed by atoms with van der Waals surface area (Å²) < 4.78 is 0. The van der Waals surface area contributed by atoms with Gasteiger partial charge in [0.15, 0.2) is 0 Å². The molecule has 19 heavy (non-hydrogen) atoms. The predicted octanol–water partition coefficient (Wildman–Crippen LogP) is 4.28. The van der Waals surface area contributed by atoms with Crippen LogP contribution >= 0.6 is 0 Å². The summed E-state index contributed by atoms with van der Waals surface area (Å²) in [5.41, 5.74) is 2.00. The second kappa shape index (κ2) is 7.98. The lowest BCUT2D eigenvalue weighted by molar-refractivity contribution is 0.0746. The minimum Gasteiger partial charge on any atom is -0.339 e. The van der Waals surface area contributed by atoms with Gasteiger partial charge in [-0.15, -0.1) is 0 Å². The van der Waals surface area contributed by atoms with Crippen molar-refractivity contribution in [1.29, 1.82) is 0 Å². The Kier molecular flexibility index (Phi) is 6.61. The number of benzene rings is 1. The van der Waals surface area contributed by atoms with E-state index in [9.17, 15) is 4.79 Å². The third-order valence-electron chi connectivity index (χ3n) is 3.34. The fourth-order valence-electron chi connectivity index (χ4n) is 1.96. The fraction of sp³-hybridized carbons (Fsp3) is 0.588. The van der Waals surface area contributed by atoms with Crippen molar-refractivity contribution in [3.63, 3.8) is 0 Å². The van der Waals surface area contributed by atoms with Crippen molar-refractivity contribution in [3.05, 3.63) is 35.4 Å². The third-order valence-corrected chi connectivity index (χ3v) is 3.34. The molecule has 0 radical (unpaired) electrons. The zero-order chi connectivity index (χ0) is 14.3. The summed E-state index contributed by atoms with van der Waals surface area (Å²) in [4.78, 5) is 14.5. The minimum atomic E-state index is 0.175. The third kappa shape index (κ3) is 5.46. The highest BCUT2D eigenvalue weighted by Crippen LogP contribution is 2.11. The van der Waals surface area contributed by atoms with Gasteiger partial charge < -0.3 is 4.90 Å². The van der Waals surface area contributed by atoms with Gasteiger partial charge in [0.1, 0.15) is 0 Å². The lowest BCUT2D eigenvalue weighted by Gasteiger charge is -2.23. The quantitative estimate of drug-likeness (QED) is 0.717. The van der Waals surface area contributed by atoms with Crippen LogP contribution in [-0.2, 0) is 0 Å². The molecule has 1 rings (SSSR count). The largest absolute Gasteiger partial charge is 0.339 e. The molecule has 0 N–H and O–H groups in total. The Balaban J connectivity index is 2.71. The van der Waals surface area contributed by atoms with E-state index in [-0.39, 0.29) is 5.91 Å². The van der Waals surface area contributed by atoms with Crippen molar-refractivity contribution in [1.82, 2.24) is 4.90 Å². The van der Waals surface area contributed by atoms with E-state index in [0.29, 0.717) is 5.92 Å². The van der Waals surface area contributed by atoms with Crippen LogP contribution in [0.25, 0.3) is 0 Å². The molecule has 0 bridgehead atoms. The Hall–Kier alpha value is -1.31. The topological polar surface area (TPSA) is 20.3 Å². The number of carbonyl (C=O) groups is 1. The number of hydrogen-bond acceptors (Lipinski definition) is 1. The average Bonchev–Trinajstić information content (AvgIpc) is 2.39. The maximum Gasteiger partial charge on any atom is 0.253 e. The van der Waals surface area contributed by atoms with Crippen LogP contribution in [0.3, 0.4) is 0 Å². The summed E-state index contributed by atoms with van der Waals surface area (Å²) in [6, 6.07) is 7.89. The summed E-state index contributed by atoms with van der Waals surface area (Å²) in [6.45, 7) is 10.3. The molecule has 2 nitrogen and oxygen atoms in total. The highest BCUT2D eigenvalue weighted by Gasteiger charge is 2.15. The zero-order valence-corrected chi connectivity index (χ0v) is 12.8. The first-order valence-electron chi connectivity index (χ1n) is 7.40. The van der Waals surface area contributed by atoms with Crippen molar-refractivity contribution in [2.45, 2.75) is 47.0 Å². The van der Waals surface area contributed by atoms with Crippen LogP contribution in [0, 0.1) is 12.8 Å². The number of hydrogen-bond donors (Lipinski definition) is 0. The van der Waals surface area contributed by atoms with Crippen LogP contribution < -0.4 is 0 Å². The van der Waals surface area contributed by atoms with Crippen molar-refractivity contribution in [3.8, 4) is 0 Å². The maximum absolute atomic E-state index is 12.5. The second-order valence-corrected chi connectivity index (χ2v) is 5.69. The zero-order valence-electron chi connectivity index (χ0n) is 12.8. The van der Waals surface area contributed by atoms with Gasteiger partial charge >= 0.3 is 0 Å². The molecule has 0 atom stereocenters. The summed E-state index contributed by atoms with van der Waals surface area (Å²) >= 11 is 0. The lowest BCUT2D eigenvalue weighted by atomic mass is 10.1. The molecule has 0 saturated heterocycles. The molecule has 0 aliphatic carbocycles. The molecular formula is C17H27NO. The lowest BCUT2D eigenvalue weighted by Crippen LogP contribution is -2.33. The van der Waals surface area contributed by atoms with Gasteiger partial charge in [0.25, 0.3) is 5.91 Å². The van der Waals surface area contributed by atoms with Gasteiger partial charge in [-0.1, -0.05) is 44.9 Å². The van der Waals surface area contributed by atoms with Crippen LogP contribution in [0.15, 0.2) is 24.3 Å². The molecule has 0 saturated carbocycles. The molecule has 0 heterocycles. The molecule has 0 unspecified atom stereocenters. The molecule has 106 valence electrons. The predicted molar refractivity (Wildman–Crippen MR) is 81.4 cm³/mol. The maximum atomic E-state index is 12.5. The van der Waals surface area contributed by atoms with E-state index in [4.69, 9.17) is 0 Å². The Morgan fingerprint density at radius 2 is 1.79 bits per heavy atom. The minimum absolute atomic E-state index is 0.175. The van der Waals surface area contributed by atoms with Crippen LogP contribution in [0.5, 0.6) is 0 Å². The summed E-state index contributed by atoms with van der Waals surface area (Å²) in [7, 11) is 0. The Labute approximate surface area is 117 Å². The number of carbonyl (C=O) groups excluding carboxylic acids is 1. The van der Waals surface area contributed by atoms with Gasteiger partial charge in [-0.2, -0.15) is 0 Å². The van der Waals surface area contributed by atoms with E-state index >= 15 is 0 Å². The summed E-state index contributed by atoms with van der Waals surface area (Å²) in [6.07, 6.45) is 3.27. The Morgan fingerprint density at radius 1 is 1.16 bits per heavy atom. The van der Waals surface area contributed by atoms with Crippen molar-refractivity contribution in [2.24, 2.45) is 5.92 Å². The van der Waals surface area contributed by atoms with Gasteiger partial charge in [-0.3, -0.25) is 4.79 Å². The number of rotatable bonds is 7. The van der Waals surface area contributed by atoms with E-state index in [1.807, 2.05) is 36.1 Å². The molecule has 0 spiro atoms. The van der Waals surface area contributed by atoms with E-state index in [0.717, 1.165) is 37.9 Å². The first-order valence-corrected chi connectivity index (χ1v) is 7.40. The number of unbranched alkanes of at least 4 members (excludes halogenated alkanes) is 1. The molecule has 0 aromatic heterocycles. The highest BCUT2D eigenvalue weighted by atomic mass is 16.2. The van der Waals surface area contributed by atoms with Crippen LogP contribution in [0.1, 0.15) is 56.0 Å². The van der Waals surface area contributed by atoms with Crippen LogP contribution in [-0.4, -0.2) is 23.9 Å². The van der Waals surface area contributed by atoms with Gasteiger partial charge in [0.05, 0.1) is 0 Å². The van der Waals surface area contributed by atoms with Crippen molar-refractivity contribution >= 4 is 5.91 Å². The molecule has 1 amide bonds. The average molecular weight is 261 g/mol. The van der Waals surface area contributed by atoms with Gasteiger partial charge in [-0.05, 0) is 37.8 Å². The molecule has 0 aliphatic heterocycles. The molecule has 2 heteroatoms. The number of aryl methyl sites for hydroxylation is 1. The summed E-state index contributed by atoms with van der Waals surface area (Å²) in [5.74, 6) is 0.809. The fourth-order valence-corrected chi connectivity index (χ4v) is 1.96. The Morgan fingerprint density at radius 3 is 2.32 bits per heavy atom. The molecular weight excluding hydrogens is 234 g/mol. The highest BCUT2D eigenvalue weighted by molar-refractivity contribution is 5.94.